The van der Waals surface area contributed by atoms with Crippen LogP contribution in [0.15, 0.2) is 0 Å². The van der Waals surface area contributed by atoms with E-state index in [1.165, 1.54) is 38.5 Å². The summed E-state index contributed by atoms with van der Waals surface area (Å²) in [6, 6.07) is 0.310. The third kappa shape index (κ3) is 6.32. The lowest BCUT2D eigenvalue weighted by atomic mass is 10.1. The third-order valence-corrected chi connectivity index (χ3v) is 7.64. The number of hydrogen-bond donors (Lipinski definition) is 2. The second-order valence-corrected chi connectivity index (χ2v) is 10.2. The maximum Gasteiger partial charge on any atom is 0.225 e. The lowest BCUT2D eigenvalue weighted by molar-refractivity contribution is -0.130. The fourth-order valence-electron chi connectivity index (χ4n) is 4.37. The van der Waals surface area contributed by atoms with Gasteiger partial charge in [-0.1, -0.05) is 25.7 Å². The fourth-order valence-corrected chi connectivity index (χ4v) is 6.10. The first-order valence-electron chi connectivity index (χ1n) is 9.95. The molecular weight excluding hydrogens is 390 g/mol. The summed E-state index contributed by atoms with van der Waals surface area (Å²) in [5, 5.41) is 6.45. The topological polar surface area (TPSA) is 95.6 Å². The Balaban J connectivity index is 0.00000261. The molecule has 7 nitrogen and oxygen atoms in total. The van der Waals surface area contributed by atoms with Crippen molar-refractivity contribution in [1.29, 1.82) is 0 Å². The SMILES string of the molecule is Cl.O=C(NCCNC1CCCCCC1)C1CC(=O)N(C2CCS(=O)(=O)C2)C1. The van der Waals surface area contributed by atoms with Gasteiger partial charge in [-0.15, -0.1) is 12.4 Å². The highest BCUT2D eigenvalue weighted by molar-refractivity contribution is 7.91. The van der Waals surface area contributed by atoms with Crippen molar-refractivity contribution in [3.8, 4) is 0 Å². The van der Waals surface area contributed by atoms with Gasteiger partial charge in [-0.2, -0.15) is 0 Å². The van der Waals surface area contributed by atoms with Crippen LogP contribution in [0.2, 0.25) is 0 Å². The Kier molecular flexibility index (Phi) is 8.37. The molecule has 156 valence electrons. The number of nitrogens with zero attached hydrogens (tertiary/aromatic N) is 1. The van der Waals surface area contributed by atoms with Gasteiger partial charge >= 0.3 is 0 Å². The highest BCUT2D eigenvalue weighted by Crippen LogP contribution is 2.26. The molecule has 9 heteroatoms. The lowest BCUT2D eigenvalue weighted by Crippen LogP contribution is -2.41. The van der Waals surface area contributed by atoms with Crippen LogP contribution in [0.1, 0.15) is 51.4 Å². The summed E-state index contributed by atoms with van der Waals surface area (Å²) < 4.78 is 23.2. The number of carbonyl (C=O) groups excluding carboxylic acids is 2. The second-order valence-electron chi connectivity index (χ2n) is 7.94. The van der Waals surface area contributed by atoms with Gasteiger partial charge in [-0.05, 0) is 19.3 Å². The zero-order chi connectivity index (χ0) is 18.6. The first-order valence-corrected chi connectivity index (χ1v) is 11.8. The largest absolute Gasteiger partial charge is 0.355 e. The number of hydrogen-bond acceptors (Lipinski definition) is 5. The minimum Gasteiger partial charge on any atom is -0.355 e. The van der Waals surface area contributed by atoms with E-state index in [0.717, 1.165) is 6.54 Å². The zero-order valence-corrected chi connectivity index (χ0v) is 17.5. The minimum atomic E-state index is -3.03. The van der Waals surface area contributed by atoms with Crippen molar-refractivity contribution in [2.75, 3.05) is 31.1 Å². The molecule has 2 aliphatic heterocycles. The van der Waals surface area contributed by atoms with Crippen LogP contribution in [-0.4, -0.2) is 68.4 Å². The number of amides is 2. The summed E-state index contributed by atoms with van der Waals surface area (Å²) in [5.41, 5.74) is 0. The number of sulfone groups is 1. The van der Waals surface area contributed by atoms with Crippen molar-refractivity contribution in [2.24, 2.45) is 5.92 Å². The van der Waals surface area contributed by atoms with E-state index in [2.05, 4.69) is 10.6 Å². The normalized spacial score (nSPS) is 28.6. The van der Waals surface area contributed by atoms with Gasteiger partial charge in [0.15, 0.2) is 9.84 Å². The molecule has 0 aromatic rings. The van der Waals surface area contributed by atoms with Crippen LogP contribution in [0.4, 0.5) is 0 Å². The van der Waals surface area contributed by atoms with Crippen molar-refractivity contribution in [1.82, 2.24) is 15.5 Å². The van der Waals surface area contributed by atoms with E-state index < -0.39 is 9.84 Å². The number of likely N-dealkylation sites (tertiary alicyclic amines) is 1. The van der Waals surface area contributed by atoms with Crippen molar-refractivity contribution in [2.45, 2.75) is 63.5 Å². The van der Waals surface area contributed by atoms with E-state index in [9.17, 15) is 18.0 Å². The zero-order valence-electron chi connectivity index (χ0n) is 15.8. The van der Waals surface area contributed by atoms with Gasteiger partial charge in [-0.25, -0.2) is 8.42 Å². The summed E-state index contributed by atoms with van der Waals surface area (Å²) in [6.07, 6.45) is 8.31. The Labute approximate surface area is 168 Å². The standard InChI is InChI=1S/C18H31N3O4S.ClH/c22-17-11-14(12-21(17)16-7-10-26(24,25)13-16)18(23)20-9-8-19-15-5-3-1-2-4-6-15;/h14-16,19H,1-13H2,(H,20,23);1H. The van der Waals surface area contributed by atoms with E-state index in [-0.39, 0.29) is 54.1 Å². The molecule has 3 rings (SSSR count). The Bertz CT molecular complexity index is 620. The minimum absolute atomic E-state index is 0. The first kappa shape index (κ1) is 22.4. The molecule has 2 heterocycles. The molecule has 2 unspecified atom stereocenters. The van der Waals surface area contributed by atoms with Crippen LogP contribution >= 0.6 is 12.4 Å². The van der Waals surface area contributed by atoms with Gasteiger partial charge in [0.1, 0.15) is 0 Å². The van der Waals surface area contributed by atoms with Crippen molar-refractivity contribution < 1.29 is 18.0 Å². The fraction of sp³-hybridized carbons (Fsp3) is 0.889. The molecule has 3 fully saturated rings. The third-order valence-electron chi connectivity index (χ3n) is 5.89. The van der Waals surface area contributed by atoms with Gasteiger partial charge in [0.05, 0.1) is 17.4 Å². The Hall–Kier alpha value is -0.860. The molecule has 1 saturated carbocycles. The predicted molar refractivity (Wildman–Crippen MR) is 107 cm³/mol. The van der Waals surface area contributed by atoms with Gasteiger partial charge in [0.2, 0.25) is 11.8 Å². The van der Waals surface area contributed by atoms with E-state index in [1.54, 1.807) is 4.90 Å². The van der Waals surface area contributed by atoms with Crippen molar-refractivity contribution in [3.63, 3.8) is 0 Å². The molecule has 0 bridgehead atoms. The van der Waals surface area contributed by atoms with Gasteiger partial charge < -0.3 is 15.5 Å². The molecule has 2 atom stereocenters. The number of rotatable bonds is 6. The van der Waals surface area contributed by atoms with Crippen molar-refractivity contribution in [3.05, 3.63) is 0 Å². The molecule has 27 heavy (non-hydrogen) atoms. The van der Waals surface area contributed by atoms with E-state index >= 15 is 0 Å². The summed E-state index contributed by atoms with van der Waals surface area (Å²) in [6.45, 7) is 1.67. The van der Waals surface area contributed by atoms with Crippen LogP contribution in [0.25, 0.3) is 0 Å². The van der Waals surface area contributed by atoms with Crippen LogP contribution < -0.4 is 10.6 Å². The van der Waals surface area contributed by atoms with E-state index in [1.807, 2.05) is 0 Å². The van der Waals surface area contributed by atoms with Crippen molar-refractivity contribution >= 4 is 34.1 Å². The molecule has 0 spiro atoms. The lowest BCUT2D eigenvalue weighted by Gasteiger charge is -2.23. The molecule has 0 aromatic heterocycles. The molecule has 3 aliphatic rings. The van der Waals surface area contributed by atoms with Gasteiger partial charge in [0.25, 0.3) is 0 Å². The molecule has 0 aromatic carbocycles. The second kappa shape index (κ2) is 10.1. The Morgan fingerprint density at radius 1 is 1.07 bits per heavy atom. The maximum absolute atomic E-state index is 12.3. The summed E-state index contributed by atoms with van der Waals surface area (Å²) in [5.74, 6) is -0.360. The average Bonchev–Trinajstić information content (AvgIpc) is 3.04. The first-order chi connectivity index (χ1) is 12.4. The highest BCUT2D eigenvalue weighted by atomic mass is 35.5. The monoisotopic (exact) mass is 421 g/mol. The highest BCUT2D eigenvalue weighted by Gasteiger charge is 2.41. The Morgan fingerprint density at radius 2 is 1.78 bits per heavy atom. The van der Waals surface area contributed by atoms with Crippen LogP contribution in [0, 0.1) is 5.92 Å². The van der Waals surface area contributed by atoms with Crippen LogP contribution in [-0.2, 0) is 19.4 Å². The Morgan fingerprint density at radius 3 is 2.41 bits per heavy atom. The predicted octanol–water partition coefficient (Wildman–Crippen LogP) is 0.872. The average molecular weight is 422 g/mol. The molecule has 2 amide bonds. The van der Waals surface area contributed by atoms with Gasteiger partial charge in [-0.3, -0.25) is 9.59 Å². The number of nitrogens with one attached hydrogen (secondary N) is 2. The molecule has 2 N–H and O–H groups in total. The molecular formula is C18H32ClN3O4S. The quantitative estimate of drug-likeness (QED) is 0.490. The molecule has 0 radical (unpaired) electrons. The molecule has 1 aliphatic carbocycles. The number of halogens is 1. The summed E-state index contributed by atoms with van der Waals surface area (Å²) >= 11 is 0. The smallest absolute Gasteiger partial charge is 0.225 e. The molecule has 2 saturated heterocycles. The van der Waals surface area contributed by atoms with Crippen LogP contribution in [0.3, 0.4) is 0 Å². The van der Waals surface area contributed by atoms with E-state index in [4.69, 9.17) is 0 Å². The van der Waals surface area contributed by atoms with Crippen LogP contribution in [0.5, 0.6) is 0 Å². The van der Waals surface area contributed by atoms with Gasteiger partial charge in [0, 0.05) is 38.1 Å². The summed E-state index contributed by atoms with van der Waals surface area (Å²) in [7, 11) is -3.03. The van der Waals surface area contributed by atoms with E-state index in [0.29, 0.717) is 25.6 Å². The maximum atomic E-state index is 12.3. The number of carbonyl (C=O) groups is 2. The summed E-state index contributed by atoms with van der Waals surface area (Å²) in [4.78, 5) is 26.2.